The van der Waals surface area contributed by atoms with E-state index in [1.165, 1.54) is 32.2 Å². The van der Waals surface area contributed by atoms with Gasteiger partial charge in [0.2, 0.25) is 0 Å². The van der Waals surface area contributed by atoms with E-state index in [0.717, 1.165) is 13.0 Å². The highest BCUT2D eigenvalue weighted by Gasteiger charge is 2.64. The summed E-state index contributed by atoms with van der Waals surface area (Å²) in [6.45, 7) is 3.62. The number of nitrogens with one attached hydrogen (secondary N) is 1. The van der Waals surface area contributed by atoms with Gasteiger partial charge >= 0.3 is 5.92 Å². The number of ether oxygens (including phenoxy) is 2. The Morgan fingerprint density at radius 3 is 2.71 bits per heavy atom. The summed E-state index contributed by atoms with van der Waals surface area (Å²) in [5, 5.41) is 3.60. The lowest BCUT2D eigenvalue weighted by molar-refractivity contribution is -0.214. The molecule has 2 unspecified atom stereocenters. The highest BCUT2D eigenvalue weighted by Crippen LogP contribution is 2.51. The SMILES string of the molecule is CC1(C)OCC(N)=NC(C)(c2cc(NC3COc4cc(Cl)cnc43)ccc2F)C1(F)F. The number of nitrogens with zero attached hydrogens (tertiary/aromatic N) is 2. The molecule has 2 aliphatic rings. The number of hydrogen-bond donors (Lipinski definition) is 2. The third-order valence-corrected chi connectivity index (χ3v) is 5.94. The van der Waals surface area contributed by atoms with Crippen LogP contribution in [0.3, 0.4) is 0 Å². The van der Waals surface area contributed by atoms with E-state index >= 15 is 8.78 Å². The fourth-order valence-electron chi connectivity index (χ4n) is 3.91. The van der Waals surface area contributed by atoms with E-state index in [9.17, 15) is 4.39 Å². The summed E-state index contributed by atoms with van der Waals surface area (Å²) < 4.78 is 56.9. The van der Waals surface area contributed by atoms with E-state index in [1.54, 1.807) is 6.07 Å². The Morgan fingerprint density at radius 1 is 1.23 bits per heavy atom. The summed E-state index contributed by atoms with van der Waals surface area (Å²) in [6.07, 6.45) is 1.49. The molecule has 2 atom stereocenters. The molecule has 31 heavy (non-hydrogen) atoms. The first kappa shape index (κ1) is 21.7. The summed E-state index contributed by atoms with van der Waals surface area (Å²) >= 11 is 5.94. The van der Waals surface area contributed by atoms with Crippen LogP contribution < -0.4 is 15.8 Å². The minimum atomic E-state index is -3.57. The fourth-order valence-corrected chi connectivity index (χ4v) is 4.06. The van der Waals surface area contributed by atoms with Crippen molar-refractivity contribution in [3.05, 3.63) is 52.6 Å². The van der Waals surface area contributed by atoms with Crippen molar-refractivity contribution >= 4 is 23.1 Å². The molecule has 0 fully saturated rings. The third kappa shape index (κ3) is 3.49. The Balaban J connectivity index is 1.74. The zero-order valence-electron chi connectivity index (χ0n) is 17.2. The van der Waals surface area contributed by atoms with Gasteiger partial charge in [0, 0.05) is 23.5 Å². The molecule has 2 aliphatic heterocycles. The highest BCUT2D eigenvalue weighted by molar-refractivity contribution is 6.30. The smallest absolute Gasteiger partial charge is 0.304 e. The maximum absolute atomic E-state index is 15.6. The minimum absolute atomic E-state index is 0.135. The molecule has 1 aromatic heterocycles. The average Bonchev–Trinajstić information content (AvgIpc) is 3.06. The lowest BCUT2D eigenvalue weighted by atomic mass is 9.78. The van der Waals surface area contributed by atoms with Crippen molar-refractivity contribution in [3.8, 4) is 5.75 Å². The van der Waals surface area contributed by atoms with Gasteiger partial charge in [0.15, 0.2) is 5.54 Å². The Kier molecular flexibility index (Phi) is 5.09. The van der Waals surface area contributed by atoms with Crippen molar-refractivity contribution in [2.75, 3.05) is 18.5 Å². The molecule has 2 aromatic rings. The summed E-state index contributed by atoms with van der Waals surface area (Å²) in [5.74, 6) is -3.99. The molecule has 166 valence electrons. The van der Waals surface area contributed by atoms with Crippen molar-refractivity contribution in [2.24, 2.45) is 10.7 Å². The fraction of sp³-hybridized carbons (Fsp3) is 0.429. The zero-order valence-corrected chi connectivity index (χ0v) is 17.9. The Labute approximate surface area is 182 Å². The highest BCUT2D eigenvalue weighted by atomic mass is 35.5. The number of aromatic nitrogens is 1. The van der Waals surface area contributed by atoms with Gasteiger partial charge in [-0.25, -0.2) is 13.2 Å². The largest absolute Gasteiger partial charge is 0.489 e. The molecule has 4 rings (SSSR count). The number of rotatable bonds is 3. The predicted molar refractivity (Wildman–Crippen MR) is 111 cm³/mol. The first-order valence-electron chi connectivity index (χ1n) is 9.65. The molecule has 3 heterocycles. The molecule has 1 aromatic carbocycles. The van der Waals surface area contributed by atoms with E-state index in [4.69, 9.17) is 26.8 Å². The van der Waals surface area contributed by atoms with Crippen LogP contribution in [0.4, 0.5) is 18.9 Å². The number of amidine groups is 1. The van der Waals surface area contributed by atoms with Crippen LogP contribution in [0, 0.1) is 5.82 Å². The molecule has 0 spiro atoms. The second-order valence-electron chi connectivity index (χ2n) is 8.29. The number of pyridine rings is 1. The van der Waals surface area contributed by atoms with Crippen LogP contribution in [0.25, 0.3) is 0 Å². The second kappa shape index (κ2) is 7.27. The van der Waals surface area contributed by atoms with Crippen molar-refractivity contribution < 1.29 is 22.6 Å². The average molecular weight is 455 g/mol. The van der Waals surface area contributed by atoms with E-state index < -0.39 is 22.9 Å². The minimum Gasteiger partial charge on any atom is -0.489 e. The monoisotopic (exact) mass is 454 g/mol. The third-order valence-electron chi connectivity index (χ3n) is 5.73. The van der Waals surface area contributed by atoms with E-state index in [2.05, 4.69) is 15.3 Å². The van der Waals surface area contributed by atoms with Crippen LogP contribution in [-0.2, 0) is 10.3 Å². The van der Waals surface area contributed by atoms with E-state index in [0.29, 0.717) is 22.2 Å². The summed E-state index contributed by atoms with van der Waals surface area (Å²) in [4.78, 5) is 8.28. The van der Waals surface area contributed by atoms with Gasteiger partial charge in [-0.1, -0.05) is 11.6 Å². The molecule has 3 N–H and O–H groups in total. The van der Waals surface area contributed by atoms with Gasteiger partial charge in [-0.15, -0.1) is 0 Å². The van der Waals surface area contributed by atoms with Crippen molar-refractivity contribution in [1.29, 1.82) is 0 Å². The number of anilines is 1. The Bertz CT molecular complexity index is 1060. The van der Waals surface area contributed by atoms with Gasteiger partial charge in [0.05, 0.1) is 5.02 Å². The maximum atomic E-state index is 15.6. The molecule has 0 aliphatic carbocycles. The number of fused-ring (bicyclic) bond motifs is 1. The maximum Gasteiger partial charge on any atom is 0.304 e. The van der Waals surface area contributed by atoms with Crippen LogP contribution in [0.15, 0.2) is 35.5 Å². The lowest BCUT2D eigenvalue weighted by Crippen LogP contribution is -2.56. The normalized spacial score (nSPS) is 26.4. The van der Waals surface area contributed by atoms with Gasteiger partial charge in [0.25, 0.3) is 0 Å². The molecule has 0 bridgehead atoms. The summed E-state index contributed by atoms with van der Waals surface area (Å²) in [6, 6.07) is 5.18. The lowest BCUT2D eigenvalue weighted by Gasteiger charge is -2.42. The van der Waals surface area contributed by atoms with Gasteiger partial charge in [-0.05, 0) is 39.0 Å². The molecule has 0 radical (unpaired) electrons. The van der Waals surface area contributed by atoms with Gasteiger partial charge < -0.3 is 20.5 Å². The number of halogens is 4. The van der Waals surface area contributed by atoms with E-state index in [1.807, 2.05) is 0 Å². The number of benzene rings is 1. The predicted octanol–water partition coefficient (Wildman–Crippen LogP) is 4.44. The molecule has 0 saturated carbocycles. The number of aliphatic imine (C=N–C) groups is 1. The first-order chi connectivity index (χ1) is 14.4. The molecule has 0 saturated heterocycles. The summed E-state index contributed by atoms with van der Waals surface area (Å²) in [5.41, 5.74) is 2.31. The van der Waals surface area contributed by atoms with Crippen molar-refractivity contribution in [3.63, 3.8) is 0 Å². The van der Waals surface area contributed by atoms with Crippen LogP contribution in [0.5, 0.6) is 5.75 Å². The number of nitrogens with two attached hydrogens (primary N) is 1. The summed E-state index contributed by atoms with van der Waals surface area (Å²) in [7, 11) is 0. The van der Waals surface area contributed by atoms with Gasteiger partial charge in [-0.3, -0.25) is 9.98 Å². The number of alkyl halides is 2. The van der Waals surface area contributed by atoms with Crippen LogP contribution in [0.2, 0.25) is 5.02 Å². The molecular formula is C21H22ClF3N4O2. The van der Waals surface area contributed by atoms with Crippen molar-refractivity contribution in [2.45, 2.75) is 43.9 Å². The topological polar surface area (TPSA) is 81.8 Å². The van der Waals surface area contributed by atoms with Crippen LogP contribution in [-0.4, -0.2) is 35.6 Å². The van der Waals surface area contributed by atoms with Crippen molar-refractivity contribution in [1.82, 2.24) is 4.98 Å². The standard InChI is InChI=1S/C21H22ClF3N4O2/c1-19(2)21(24,25)20(3,29-17(26)10-31-19)13-7-12(4-5-14(13)23)28-15-9-30-16-6-11(22)8-27-18(15)16/h4-8,15,28H,9-10H2,1-3H3,(H2,26,29). The molecule has 0 amide bonds. The molecule has 6 nitrogen and oxygen atoms in total. The Morgan fingerprint density at radius 2 is 1.97 bits per heavy atom. The number of hydrogen-bond acceptors (Lipinski definition) is 6. The molecular weight excluding hydrogens is 433 g/mol. The van der Waals surface area contributed by atoms with E-state index in [-0.39, 0.29) is 30.7 Å². The second-order valence-corrected chi connectivity index (χ2v) is 8.72. The molecule has 10 heteroatoms. The van der Waals surface area contributed by atoms with Crippen LogP contribution in [0.1, 0.15) is 38.1 Å². The van der Waals surface area contributed by atoms with Gasteiger partial charge in [-0.2, -0.15) is 0 Å². The quantitative estimate of drug-likeness (QED) is 0.716. The van der Waals surface area contributed by atoms with Crippen LogP contribution >= 0.6 is 11.6 Å². The first-order valence-corrected chi connectivity index (χ1v) is 10.0. The van der Waals surface area contributed by atoms with Gasteiger partial charge in [0.1, 0.15) is 48.0 Å². The Hall–Kier alpha value is -2.52. The zero-order chi connectivity index (χ0) is 22.6.